The third-order valence-corrected chi connectivity index (χ3v) is 2.42. The number of nitrogens with two attached hydrogens (primary N) is 1. The van der Waals surface area contributed by atoms with E-state index in [9.17, 15) is 0 Å². The van der Waals surface area contributed by atoms with Crippen molar-refractivity contribution in [3.63, 3.8) is 0 Å². The molecule has 0 atom stereocenters. The van der Waals surface area contributed by atoms with Crippen LogP contribution in [0.1, 0.15) is 52.4 Å². The molecule has 0 aliphatic heterocycles. The summed E-state index contributed by atoms with van der Waals surface area (Å²) in [6.07, 6.45) is 7.44. The van der Waals surface area contributed by atoms with E-state index in [1.54, 1.807) is 0 Å². The van der Waals surface area contributed by atoms with Gasteiger partial charge in [0.15, 0.2) is 5.11 Å². The lowest BCUT2D eigenvalue weighted by molar-refractivity contribution is 0.225. The second-order valence-electron chi connectivity index (χ2n) is 3.88. The quantitative estimate of drug-likeness (QED) is 0.363. The van der Waals surface area contributed by atoms with Crippen LogP contribution in [0.5, 0.6) is 0 Å². The Bertz CT molecular complexity index is 152. The van der Waals surface area contributed by atoms with Crippen molar-refractivity contribution in [1.29, 1.82) is 0 Å². The van der Waals surface area contributed by atoms with Crippen molar-refractivity contribution in [2.24, 2.45) is 5.73 Å². The van der Waals surface area contributed by atoms with Crippen molar-refractivity contribution in [1.82, 2.24) is 10.4 Å². The fourth-order valence-corrected chi connectivity index (χ4v) is 1.61. The maximum atomic E-state index is 5.48. The molecule has 0 aliphatic rings. The highest BCUT2D eigenvalue weighted by Crippen LogP contribution is 2.00. The molecule has 0 aliphatic carbocycles. The molecule has 4 heteroatoms. The van der Waals surface area contributed by atoms with E-state index < -0.39 is 0 Å². The fourth-order valence-electron chi connectivity index (χ4n) is 1.48. The summed E-state index contributed by atoms with van der Waals surface area (Å²) in [6, 6.07) is 0. The van der Waals surface area contributed by atoms with Gasteiger partial charge >= 0.3 is 0 Å². The highest BCUT2D eigenvalue weighted by molar-refractivity contribution is 7.80. The van der Waals surface area contributed by atoms with Gasteiger partial charge in [-0.15, -0.1) is 0 Å². The molecule has 0 radical (unpaired) electrons. The molecule has 0 fully saturated rings. The first-order valence-corrected chi connectivity index (χ1v) is 6.42. The second-order valence-corrected chi connectivity index (χ2v) is 4.32. The molecule has 0 bridgehead atoms. The number of rotatable bonds is 9. The number of hydrogen-bond acceptors (Lipinski definition) is 2. The maximum Gasteiger partial charge on any atom is 0.178 e. The summed E-state index contributed by atoms with van der Waals surface area (Å²) >= 11 is 4.85. The number of hydrogen-bond donors (Lipinski definition) is 2. The summed E-state index contributed by atoms with van der Waals surface area (Å²) in [4.78, 5) is 0. The first kappa shape index (κ1) is 14.6. The summed E-state index contributed by atoms with van der Waals surface area (Å²) in [7, 11) is 0. The monoisotopic (exact) mass is 231 g/mol. The average Bonchev–Trinajstić information content (AvgIpc) is 2.17. The van der Waals surface area contributed by atoms with Crippen LogP contribution < -0.4 is 11.2 Å². The largest absolute Gasteiger partial charge is 0.375 e. The molecule has 0 saturated carbocycles. The molecule has 0 unspecified atom stereocenters. The Balaban J connectivity index is 3.68. The van der Waals surface area contributed by atoms with Crippen LogP contribution in [-0.4, -0.2) is 23.2 Å². The first-order chi connectivity index (χ1) is 7.20. The van der Waals surface area contributed by atoms with E-state index in [-0.39, 0.29) is 0 Å². The predicted molar refractivity (Wildman–Crippen MR) is 70.5 cm³/mol. The normalized spacial score (nSPS) is 10.6. The standard InChI is InChI=1S/C11H25N3S/c1-3-5-7-9-14(13-11(12)15)10-8-6-4-2/h3-10H2,1-2H3,(H3,12,13,15). The van der Waals surface area contributed by atoms with Gasteiger partial charge in [0, 0.05) is 13.1 Å². The van der Waals surface area contributed by atoms with Crippen molar-refractivity contribution in [2.45, 2.75) is 52.4 Å². The molecule has 3 nitrogen and oxygen atoms in total. The third-order valence-electron chi connectivity index (χ3n) is 2.33. The van der Waals surface area contributed by atoms with Crippen LogP contribution in [0.25, 0.3) is 0 Å². The van der Waals surface area contributed by atoms with Gasteiger partial charge in [0.25, 0.3) is 0 Å². The second kappa shape index (κ2) is 10.2. The van der Waals surface area contributed by atoms with Crippen molar-refractivity contribution in [2.75, 3.05) is 13.1 Å². The number of hydrazine groups is 1. The van der Waals surface area contributed by atoms with Crippen molar-refractivity contribution >= 4 is 17.3 Å². The van der Waals surface area contributed by atoms with E-state index in [1.165, 1.54) is 38.5 Å². The Morgan fingerprint density at radius 1 is 1.07 bits per heavy atom. The Hall–Kier alpha value is -0.350. The predicted octanol–water partition coefficient (Wildman–Crippen LogP) is 2.42. The minimum Gasteiger partial charge on any atom is -0.375 e. The Labute approximate surface area is 99.4 Å². The van der Waals surface area contributed by atoms with Gasteiger partial charge < -0.3 is 5.73 Å². The van der Waals surface area contributed by atoms with Crippen molar-refractivity contribution in [3.05, 3.63) is 0 Å². The van der Waals surface area contributed by atoms with E-state index >= 15 is 0 Å². The van der Waals surface area contributed by atoms with E-state index in [0.29, 0.717) is 5.11 Å². The molecule has 0 aromatic heterocycles. The molecule has 0 heterocycles. The molecule has 90 valence electrons. The summed E-state index contributed by atoms with van der Waals surface area (Å²) < 4.78 is 0. The topological polar surface area (TPSA) is 41.3 Å². The minimum atomic E-state index is 0.378. The summed E-state index contributed by atoms with van der Waals surface area (Å²) in [5.74, 6) is 0. The number of unbranched alkanes of at least 4 members (excludes halogenated alkanes) is 4. The van der Waals surface area contributed by atoms with Crippen LogP contribution in [0.4, 0.5) is 0 Å². The highest BCUT2D eigenvalue weighted by atomic mass is 32.1. The van der Waals surface area contributed by atoms with Crippen LogP contribution in [0, 0.1) is 0 Å². The number of nitrogens with zero attached hydrogens (tertiary/aromatic N) is 1. The van der Waals surface area contributed by atoms with Gasteiger partial charge in [-0.2, -0.15) is 0 Å². The zero-order valence-corrected chi connectivity index (χ0v) is 10.9. The zero-order valence-electron chi connectivity index (χ0n) is 10.1. The van der Waals surface area contributed by atoms with E-state index in [4.69, 9.17) is 18.0 Å². The molecule has 0 spiro atoms. The number of nitrogens with one attached hydrogen (secondary N) is 1. The SMILES string of the molecule is CCCCCN(CCCCC)NC(N)=S. The summed E-state index contributed by atoms with van der Waals surface area (Å²) in [5.41, 5.74) is 8.52. The van der Waals surface area contributed by atoms with Gasteiger partial charge in [-0.25, -0.2) is 5.01 Å². The van der Waals surface area contributed by atoms with Crippen LogP contribution in [-0.2, 0) is 0 Å². The van der Waals surface area contributed by atoms with Crippen LogP contribution in [0.15, 0.2) is 0 Å². The molecular weight excluding hydrogens is 206 g/mol. The van der Waals surface area contributed by atoms with Gasteiger partial charge in [0.2, 0.25) is 0 Å². The maximum absolute atomic E-state index is 5.48. The summed E-state index contributed by atoms with van der Waals surface area (Å²) in [5, 5.41) is 2.52. The lowest BCUT2D eigenvalue weighted by atomic mass is 10.2. The van der Waals surface area contributed by atoms with Gasteiger partial charge in [0.1, 0.15) is 0 Å². The fraction of sp³-hybridized carbons (Fsp3) is 0.909. The smallest absolute Gasteiger partial charge is 0.178 e. The van der Waals surface area contributed by atoms with Gasteiger partial charge in [-0.05, 0) is 25.1 Å². The minimum absolute atomic E-state index is 0.378. The van der Waals surface area contributed by atoms with E-state index in [2.05, 4.69) is 24.3 Å². The Morgan fingerprint density at radius 3 is 1.87 bits per heavy atom. The lowest BCUT2D eigenvalue weighted by Gasteiger charge is -2.23. The average molecular weight is 231 g/mol. The van der Waals surface area contributed by atoms with E-state index in [1.807, 2.05) is 0 Å². The lowest BCUT2D eigenvalue weighted by Crippen LogP contribution is -2.45. The van der Waals surface area contributed by atoms with Gasteiger partial charge in [-0.3, -0.25) is 5.43 Å². The molecule has 0 rings (SSSR count). The van der Waals surface area contributed by atoms with Gasteiger partial charge in [0.05, 0.1) is 0 Å². The molecule has 15 heavy (non-hydrogen) atoms. The third kappa shape index (κ3) is 9.94. The van der Waals surface area contributed by atoms with Crippen LogP contribution in [0.2, 0.25) is 0 Å². The molecular formula is C11H25N3S. The Kier molecular flexibility index (Phi) is 9.94. The van der Waals surface area contributed by atoms with Gasteiger partial charge in [-0.1, -0.05) is 39.5 Å². The van der Waals surface area contributed by atoms with Crippen LogP contribution in [0.3, 0.4) is 0 Å². The summed E-state index contributed by atoms with van der Waals surface area (Å²) in [6.45, 7) is 6.49. The first-order valence-electron chi connectivity index (χ1n) is 6.01. The number of thiocarbonyl (C=S) groups is 1. The molecule has 0 aromatic carbocycles. The highest BCUT2D eigenvalue weighted by Gasteiger charge is 2.03. The molecule has 0 saturated heterocycles. The molecule has 3 N–H and O–H groups in total. The zero-order chi connectivity index (χ0) is 11.5. The van der Waals surface area contributed by atoms with E-state index in [0.717, 1.165) is 13.1 Å². The Morgan fingerprint density at radius 2 is 1.53 bits per heavy atom. The van der Waals surface area contributed by atoms with Crippen molar-refractivity contribution < 1.29 is 0 Å². The molecule has 0 amide bonds. The van der Waals surface area contributed by atoms with Crippen molar-refractivity contribution in [3.8, 4) is 0 Å². The molecule has 0 aromatic rings. The van der Waals surface area contributed by atoms with Crippen LogP contribution >= 0.6 is 12.2 Å².